The van der Waals surface area contributed by atoms with Crippen LogP contribution in [0.2, 0.25) is 0 Å². The first-order valence-electron chi connectivity index (χ1n) is 13.6. The summed E-state index contributed by atoms with van der Waals surface area (Å²) in [6.45, 7) is 3.40. The number of rotatable bonds is 7. The zero-order valence-corrected chi connectivity index (χ0v) is 21.9. The summed E-state index contributed by atoms with van der Waals surface area (Å²) in [6.07, 6.45) is 1.94. The number of fused-ring (bicyclic) bond motifs is 2. The first-order chi connectivity index (χ1) is 18.7. The van der Waals surface area contributed by atoms with Crippen LogP contribution < -0.4 is 4.74 Å². The minimum Gasteiger partial charge on any atom is -0.497 e. The summed E-state index contributed by atoms with van der Waals surface area (Å²) in [5, 5.41) is 0. The maximum atomic E-state index is 14.5. The molecular formula is C34H34N2O2. The molecule has 0 aromatic heterocycles. The van der Waals surface area contributed by atoms with Crippen LogP contribution in [-0.4, -0.2) is 41.8 Å². The van der Waals surface area contributed by atoms with Gasteiger partial charge in [-0.3, -0.25) is 14.6 Å². The van der Waals surface area contributed by atoms with Gasteiger partial charge in [-0.05, 0) is 64.9 Å². The minimum atomic E-state index is -0.315. The number of carbonyl (C=O) groups excluding carboxylic acids is 1. The van der Waals surface area contributed by atoms with Crippen molar-refractivity contribution in [1.29, 1.82) is 0 Å². The number of benzene rings is 4. The molecule has 2 aliphatic rings. The molecule has 6 rings (SSSR count). The van der Waals surface area contributed by atoms with Gasteiger partial charge < -0.3 is 4.74 Å². The van der Waals surface area contributed by atoms with Crippen LogP contribution in [0.1, 0.15) is 44.2 Å². The Balaban J connectivity index is 1.44. The molecule has 38 heavy (non-hydrogen) atoms. The van der Waals surface area contributed by atoms with Gasteiger partial charge in [0, 0.05) is 31.7 Å². The fraction of sp³-hybridized carbons (Fsp3) is 0.265. The van der Waals surface area contributed by atoms with Crippen LogP contribution in [0.5, 0.6) is 5.75 Å². The molecule has 2 atom stereocenters. The highest BCUT2D eigenvalue weighted by molar-refractivity contribution is 6.01. The van der Waals surface area contributed by atoms with E-state index in [1.807, 2.05) is 24.3 Å². The molecule has 192 valence electrons. The van der Waals surface area contributed by atoms with Crippen molar-refractivity contribution in [3.63, 3.8) is 0 Å². The van der Waals surface area contributed by atoms with E-state index in [9.17, 15) is 4.79 Å². The van der Waals surface area contributed by atoms with Crippen molar-refractivity contribution in [3.05, 3.63) is 137 Å². The second kappa shape index (κ2) is 10.9. The van der Waals surface area contributed by atoms with E-state index in [-0.39, 0.29) is 17.9 Å². The Labute approximate surface area is 225 Å². The highest BCUT2D eigenvalue weighted by Gasteiger charge is 2.40. The van der Waals surface area contributed by atoms with Crippen molar-refractivity contribution in [1.82, 2.24) is 9.80 Å². The summed E-state index contributed by atoms with van der Waals surface area (Å²) in [5.74, 6) is 0.928. The fourth-order valence-electron chi connectivity index (χ4n) is 6.19. The van der Waals surface area contributed by atoms with Crippen LogP contribution >= 0.6 is 0 Å². The first kappa shape index (κ1) is 24.6. The second-order valence-corrected chi connectivity index (χ2v) is 10.4. The highest BCUT2D eigenvalue weighted by Crippen LogP contribution is 2.36. The average molecular weight is 503 g/mol. The highest BCUT2D eigenvalue weighted by atomic mass is 16.5. The molecule has 4 nitrogen and oxygen atoms in total. The third-order valence-corrected chi connectivity index (χ3v) is 8.19. The van der Waals surface area contributed by atoms with Gasteiger partial charge in [-0.1, -0.05) is 78.9 Å². The topological polar surface area (TPSA) is 32.8 Å². The molecule has 0 radical (unpaired) electrons. The summed E-state index contributed by atoms with van der Waals surface area (Å²) >= 11 is 0. The third kappa shape index (κ3) is 4.90. The predicted octanol–water partition coefficient (Wildman–Crippen LogP) is 6.10. The molecule has 4 aromatic rings. The maximum Gasteiger partial charge on any atom is 0.181 e. The monoisotopic (exact) mass is 502 g/mol. The lowest BCUT2D eigenvalue weighted by Gasteiger charge is -2.45. The van der Waals surface area contributed by atoms with E-state index < -0.39 is 0 Å². The lowest BCUT2D eigenvalue weighted by molar-refractivity contribution is 0.0458. The molecule has 0 saturated carbocycles. The van der Waals surface area contributed by atoms with Crippen molar-refractivity contribution in [3.8, 4) is 5.75 Å². The minimum absolute atomic E-state index is 0.0654. The summed E-state index contributed by atoms with van der Waals surface area (Å²) in [5.41, 5.74) is 7.41. The van der Waals surface area contributed by atoms with Crippen molar-refractivity contribution in [2.24, 2.45) is 0 Å². The normalized spacial score (nSPS) is 17.2. The van der Waals surface area contributed by atoms with Crippen LogP contribution in [0, 0.1) is 0 Å². The lowest BCUT2D eigenvalue weighted by Crippen LogP contribution is -2.53. The van der Waals surface area contributed by atoms with Crippen LogP contribution in [-0.2, 0) is 25.9 Å². The second-order valence-electron chi connectivity index (χ2n) is 10.4. The number of ketones is 1. The Kier molecular flexibility index (Phi) is 7.08. The molecule has 0 saturated heterocycles. The standard InChI is InChI=1S/C34H34N2O2/c1-38-31-17-15-28(16-18-31)34(37)33(36-22-20-26-10-6-8-14-30(26)24-36)32(27-11-3-2-4-12-27)35-21-19-25-9-5-7-13-29(25)23-35/h2-18,32-33H,19-24H2,1H3/t32-,33-/m1/s1. The molecular weight excluding hydrogens is 468 g/mol. The van der Waals surface area contributed by atoms with E-state index in [0.717, 1.165) is 50.3 Å². The number of hydrogen-bond acceptors (Lipinski definition) is 4. The summed E-state index contributed by atoms with van der Waals surface area (Å²) < 4.78 is 5.38. The van der Waals surface area contributed by atoms with Gasteiger partial charge in [0.1, 0.15) is 5.75 Å². The van der Waals surface area contributed by atoms with Crippen LogP contribution in [0.25, 0.3) is 0 Å². The Morgan fingerprint density at radius 3 is 1.79 bits per heavy atom. The summed E-state index contributed by atoms with van der Waals surface area (Å²) in [6, 6.07) is 35.3. The number of nitrogens with zero attached hydrogens (tertiary/aromatic N) is 2. The Morgan fingerprint density at radius 2 is 1.18 bits per heavy atom. The SMILES string of the molecule is COc1ccc(C(=O)[C@@H]([C@@H](c2ccccc2)N2CCc3ccccc3C2)N2CCc3ccccc3C2)cc1. The number of Topliss-reactive ketones (excluding diaryl/α,β-unsaturated/α-hetero) is 1. The molecule has 0 fully saturated rings. The van der Waals surface area contributed by atoms with Gasteiger partial charge in [-0.25, -0.2) is 0 Å². The molecule has 4 aromatic carbocycles. The zero-order valence-electron chi connectivity index (χ0n) is 21.9. The Hall–Kier alpha value is -3.73. The Bertz CT molecular complexity index is 1400. The summed E-state index contributed by atoms with van der Waals surface area (Å²) in [7, 11) is 1.66. The number of hydrogen-bond donors (Lipinski definition) is 0. The lowest BCUT2D eigenvalue weighted by atomic mass is 9.86. The van der Waals surface area contributed by atoms with E-state index in [1.54, 1.807) is 7.11 Å². The largest absolute Gasteiger partial charge is 0.497 e. The molecule has 0 N–H and O–H groups in total. The molecule has 0 spiro atoms. The molecule has 2 heterocycles. The van der Waals surface area contributed by atoms with Gasteiger partial charge in [0.25, 0.3) is 0 Å². The quantitative estimate of drug-likeness (QED) is 0.286. The van der Waals surface area contributed by atoms with Crippen molar-refractivity contribution < 1.29 is 9.53 Å². The fourth-order valence-corrected chi connectivity index (χ4v) is 6.19. The van der Waals surface area contributed by atoms with E-state index in [1.165, 1.54) is 27.8 Å². The van der Waals surface area contributed by atoms with E-state index in [2.05, 4.69) is 88.7 Å². The average Bonchev–Trinajstić information content (AvgIpc) is 2.99. The van der Waals surface area contributed by atoms with Crippen molar-refractivity contribution >= 4 is 5.78 Å². The van der Waals surface area contributed by atoms with Crippen LogP contribution in [0.15, 0.2) is 103 Å². The number of ether oxygens (including phenoxy) is 1. The molecule has 0 aliphatic carbocycles. The van der Waals surface area contributed by atoms with Crippen LogP contribution in [0.3, 0.4) is 0 Å². The number of methoxy groups -OCH3 is 1. The van der Waals surface area contributed by atoms with Gasteiger partial charge in [0.2, 0.25) is 0 Å². The van der Waals surface area contributed by atoms with E-state index in [4.69, 9.17) is 4.74 Å². The Morgan fingerprint density at radius 1 is 0.658 bits per heavy atom. The van der Waals surface area contributed by atoms with Crippen molar-refractivity contribution in [2.45, 2.75) is 38.0 Å². The number of carbonyl (C=O) groups is 1. The van der Waals surface area contributed by atoms with Crippen LogP contribution in [0.4, 0.5) is 0 Å². The van der Waals surface area contributed by atoms with Gasteiger partial charge in [-0.2, -0.15) is 0 Å². The van der Waals surface area contributed by atoms with Gasteiger partial charge in [0.15, 0.2) is 5.78 Å². The predicted molar refractivity (Wildman–Crippen MR) is 151 cm³/mol. The van der Waals surface area contributed by atoms with Crippen molar-refractivity contribution in [2.75, 3.05) is 20.2 Å². The smallest absolute Gasteiger partial charge is 0.181 e. The van der Waals surface area contributed by atoms with Gasteiger partial charge >= 0.3 is 0 Å². The van der Waals surface area contributed by atoms with E-state index >= 15 is 0 Å². The zero-order chi connectivity index (χ0) is 25.9. The summed E-state index contributed by atoms with van der Waals surface area (Å²) in [4.78, 5) is 19.5. The molecule has 2 aliphatic heterocycles. The molecule has 0 unspecified atom stereocenters. The first-order valence-corrected chi connectivity index (χ1v) is 13.6. The van der Waals surface area contributed by atoms with Gasteiger partial charge in [0.05, 0.1) is 19.2 Å². The van der Waals surface area contributed by atoms with Gasteiger partial charge in [-0.15, -0.1) is 0 Å². The third-order valence-electron chi connectivity index (χ3n) is 8.19. The molecule has 0 bridgehead atoms. The molecule has 4 heteroatoms. The maximum absolute atomic E-state index is 14.5. The van der Waals surface area contributed by atoms with E-state index in [0.29, 0.717) is 0 Å². The molecule has 0 amide bonds.